The summed E-state index contributed by atoms with van der Waals surface area (Å²) in [6, 6.07) is 0. The zero-order valence-corrected chi connectivity index (χ0v) is 8.96. The van der Waals surface area contributed by atoms with Crippen molar-refractivity contribution in [3.05, 3.63) is 0 Å². The number of primary amides is 1. The maximum Gasteiger partial charge on any atom is 0.247 e. The number of rotatable bonds is 3. The Hall–Kier alpha value is -0.320. The van der Waals surface area contributed by atoms with Gasteiger partial charge >= 0.3 is 0 Å². The van der Waals surface area contributed by atoms with Gasteiger partial charge in [-0.3, -0.25) is 9.69 Å². The fourth-order valence-corrected chi connectivity index (χ4v) is 1.71. The standard InChI is InChI=1S/C9H16N2O2.ClH/c10-9(12)8-6-11(3-4-13-8)5-7-1-2-7;/h7-8H,1-6H2,(H2,10,12);1H/t8-;/m0./s1. The van der Waals surface area contributed by atoms with Gasteiger partial charge in [-0.1, -0.05) is 0 Å². The quantitative estimate of drug-likeness (QED) is 0.729. The van der Waals surface area contributed by atoms with E-state index in [9.17, 15) is 4.79 Å². The fourth-order valence-electron chi connectivity index (χ4n) is 1.71. The number of nitrogens with zero attached hydrogens (tertiary/aromatic N) is 1. The van der Waals surface area contributed by atoms with Crippen molar-refractivity contribution in [2.45, 2.75) is 18.9 Å². The molecule has 0 unspecified atom stereocenters. The molecule has 5 heteroatoms. The minimum absolute atomic E-state index is 0. The molecule has 1 amide bonds. The van der Waals surface area contributed by atoms with Crippen LogP contribution < -0.4 is 5.73 Å². The fraction of sp³-hybridized carbons (Fsp3) is 0.889. The minimum atomic E-state index is -0.382. The van der Waals surface area contributed by atoms with Crippen molar-refractivity contribution >= 4 is 18.3 Å². The number of hydrogen-bond acceptors (Lipinski definition) is 3. The molecule has 2 rings (SSSR count). The first-order valence-electron chi connectivity index (χ1n) is 4.89. The van der Waals surface area contributed by atoms with Crippen molar-refractivity contribution < 1.29 is 9.53 Å². The number of ether oxygens (including phenoxy) is 1. The van der Waals surface area contributed by atoms with E-state index in [-0.39, 0.29) is 24.4 Å². The molecule has 0 aromatic rings. The molecule has 1 saturated heterocycles. The van der Waals surface area contributed by atoms with Crippen molar-refractivity contribution in [1.82, 2.24) is 4.90 Å². The summed E-state index contributed by atoms with van der Waals surface area (Å²) >= 11 is 0. The molecule has 1 saturated carbocycles. The van der Waals surface area contributed by atoms with Gasteiger partial charge in [0.1, 0.15) is 6.10 Å². The first-order chi connectivity index (χ1) is 6.25. The number of nitrogens with two attached hydrogens (primary N) is 1. The molecule has 2 fully saturated rings. The van der Waals surface area contributed by atoms with Crippen LogP contribution >= 0.6 is 12.4 Å². The lowest BCUT2D eigenvalue weighted by Gasteiger charge is -2.31. The number of carbonyl (C=O) groups is 1. The zero-order valence-electron chi connectivity index (χ0n) is 8.15. The Bertz CT molecular complexity index is 209. The van der Waals surface area contributed by atoms with Crippen molar-refractivity contribution in [3.63, 3.8) is 0 Å². The van der Waals surface area contributed by atoms with E-state index in [4.69, 9.17) is 10.5 Å². The summed E-state index contributed by atoms with van der Waals surface area (Å²) in [7, 11) is 0. The molecule has 82 valence electrons. The Labute approximate surface area is 90.2 Å². The summed E-state index contributed by atoms with van der Waals surface area (Å²) in [4.78, 5) is 13.2. The normalized spacial score (nSPS) is 28.1. The first kappa shape index (κ1) is 11.8. The van der Waals surface area contributed by atoms with E-state index >= 15 is 0 Å². The van der Waals surface area contributed by atoms with Gasteiger partial charge in [-0.2, -0.15) is 0 Å². The number of amides is 1. The van der Waals surface area contributed by atoms with E-state index in [0.717, 1.165) is 19.0 Å². The van der Waals surface area contributed by atoms with Crippen LogP contribution in [0.4, 0.5) is 0 Å². The van der Waals surface area contributed by atoms with E-state index in [1.807, 2.05) is 0 Å². The lowest BCUT2D eigenvalue weighted by molar-refractivity contribution is -0.135. The van der Waals surface area contributed by atoms with Gasteiger partial charge in [0.2, 0.25) is 5.91 Å². The number of morpholine rings is 1. The molecule has 0 spiro atoms. The van der Waals surface area contributed by atoms with Crippen LogP contribution in [0.2, 0.25) is 0 Å². The highest BCUT2D eigenvalue weighted by Gasteiger charge is 2.29. The molecule has 1 aliphatic heterocycles. The predicted octanol–water partition coefficient (Wildman–Crippen LogP) is 0.00430. The molecule has 4 nitrogen and oxygen atoms in total. The predicted molar refractivity (Wildman–Crippen MR) is 55.3 cm³/mol. The van der Waals surface area contributed by atoms with E-state index in [0.29, 0.717) is 13.2 Å². The maximum absolute atomic E-state index is 10.9. The number of hydrogen-bond donors (Lipinski definition) is 1. The third-order valence-electron chi connectivity index (χ3n) is 2.68. The molecular weight excluding hydrogens is 204 g/mol. The van der Waals surface area contributed by atoms with Crippen LogP contribution in [-0.2, 0) is 9.53 Å². The monoisotopic (exact) mass is 220 g/mol. The van der Waals surface area contributed by atoms with Gasteiger partial charge in [-0.15, -0.1) is 12.4 Å². The van der Waals surface area contributed by atoms with Gasteiger partial charge in [0.05, 0.1) is 6.61 Å². The lowest BCUT2D eigenvalue weighted by Crippen LogP contribution is -2.48. The van der Waals surface area contributed by atoms with Crippen LogP contribution in [-0.4, -0.2) is 43.2 Å². The van der Waals surface area contributed by atoms with Crippen LogP contribution in [0.5, 0.6) is 0 Å². The molecule has 2 N–H and O–H groups in total. The largest absolute Gasteiger partial charge is 0.367 e. The van der Waals surface area contributed by atoms with E-state index in [1.165, 1.54) is 12.8 Å². The summed E-state index contributed by atoms with van der Waals surface area (Å²) in [6.07, 6.45) is 2.31. The average Bonchev–Trinajstić information content (AvgIpc) is 2.89. The van der Waals surface area contributed by atoms with Gasteiger partial charge in [0, 0.05) is 19.6 Å². The van der Waals surface area contributed by atoms with Crippen LogP contribution in [0.1, 0.15) is 12.8 Å². The third-order valence-corrected chi connectivity index (χ3v) is 2.68. The van der Waals surface area contributed by atoms with E-state index in [1.54, 1.807) is 0 Å². The second-order valence-corrected chi connectivity index (χ2v) is 3.96. The van der Waals surface area contributed by atoms with Crippen LogP contribution in [0.3, 0.4) is 0 Å². The van der Waals surface area contributed by atoms with E-state index < -0.39 is 0 Å². The summed E-state index contributed by atoms with van der Waals surface area (Å²) in [5, 5.41) is 0. The summed E-state index contributed by atoms with van der Waals surface area (Å²) in [5.74, 6) is 0.534. The summed E-state index contributed by atoms with van der Waals surface area (Å²) in [5.41, 5.74) is 5.19. The highest BCUT2D eigenvalue weighted by molar-refractivity contribution is 5.85. The van der Waals surface area contributed by atoms with Gasteiger partial charge in [-0.25, -0.2) is 0 Å². The Morgan fingerprint density at radius 3 is 2.79 bits per heavy atom. The minimum Gasteiger partial charge on any atom is -0.367 e. The lowest BCUT2D eigenvalue weighted by atomic mass is 10.2. The van der Waals surface area contributed by atoms with Crippen molar-refractivity contribution in [2.24, 2.45) is 11.7 Å². The van der Waals surface area contributed by atoms with Crippen LogP contribution in [0, 0.1) is 5.92 Å². The SMILES string of the molecule is Cl.NC(=O)[C@@H]1CN(CC2CC2)CCO1. The Morgan fingerprint density at radius 2 is 2.21 bits per heavy atom. The molecule has 2 aliphatic rings. The Morgan fingerprint density at radius 1 is 1.50 bits per heavy atom. The van der Waals surface area contributed by atoms with Crippen LogP contribution in [0.25, 0.3) is 0 Å². The second-order valence-electron chi connectivity index (χ2n) is 3.96. The van der Waals surface area contributed by atoms with Crippen LogP contribution in [0.15, 0.2) is 0 Å². The molecule has 1 atom stereocenters. The second kappa shape index (κ2) is 4.96. The van der Waals surface area contributed by atoms with Crippen molar-refractivity contribution in [2.75, 3.05) is 26.2 Å². The van der Waals surface area contributed by atoms with Gasteiger partial charge < -0.3 is 10.5 Å². The summed E-state index contributed by atoms with van der Waals surface area (Å²) in [6.45, 7) is 3.39. The molecular formula is C9H17ClN2O2. The number of halogens is 1. The Balaban J connectivity index is 0.000000980. The molecule has 0 aromatic carbocycles. The van der Waals surface area contributed by atoms with E-state index in [2.05, 4.69) is 4.90 Å². The first-order valence-corrected chi connectivity index (χ1v) is 4.89. The van der Waals surface area contributed by atoms with Crippen molar-refractivity contribution in [1.29, 1.82) is 0 Å². The van der Waals surface area contributed by atoms with Gasteiger partial charge in [0.25, 0.3) is 0 Å². The highest BCUT2D eigenvalue weighted by atomic mass is 35.5. The molecule has 0 radical (unpaired) electrons. The molecule has 0 bridgehead atoms. The summed E-state index contributed by atoms with van der Waals surface area (Å²) < 4.78 is 5.26. The smallest absolute Gasteiger partial charge is 0.247 e. The topological polar surface area (TPSA) is 55.6 Å². The number of carbonyl (C=O) groups excluding carboxylic acids is 1. The van der Waals surface area contributed by atoms with Gasteiger partial charge in [-0.05, 0) is 18.8 Å². The molecule has 1 aliphatic carbocycles. The third kappa shape index (κ3) is 3.12. The zero-order chi connectivity index (χ0) is 9.26. The van der Waals surface area contributed by atoms with Crippen molar-refractivity contribution in [3.8, 4) is 0 Å². The van der Waals surface area contributed by atoms with Gasteiger partial charge in [0.15, 0.2) is 0 Å². The maximum atomic E-state index is 10.9. The molecule has 0 aromatic heterocycles. The highest BCUT2D eigenvalue weighted by Crippen LogP contribution is 2.30. The average molecular weight is 221 g/mol. The molecule has 1 heterocycles. The molecule has 14 heavy (non-hydrogen) atoms. The Kier molecular flexibility index (Phi) is 4.16.